The molecule has 0 saturated heterocycles. The van der Waals surface area contributed by atoms with Crippen molar-refractivity contribution in [2.75, 3.05) is 9.80 Å². The number of anilines is 6. The standard InChI is InChI=1S/C53H42N2O/c1-33-28-40(54(38-24-22-35-16-9-10-17-36(35)29-38)39-25-26-42-41-18-11-12-19-43(41)52(2,3)46(42)31-39)32-49-50(33)55-47-30-37(34-14-7-6-8-15-34)23-27-44(47)53(4,5)45-20-13-21-48(56-49)51(45)55/h6-32H,1-5H3. The van der Waals surface area contributed by atoms with E-state index in [1.165, 1.54) is 61.0 Å². The summed E-state index contributed by atoms with van der Waals surface area (Å²) in [5.74, 6) is 1.73. The van der Waals surface area contributed by atoms with Gasteiger partial charge >= 0.3 is 0 Å². The summed E-state index contributed by atoms with van der Waals surface area (Å²) in [6, 6.07) is 60.1. The van der Waals surface area contributed by atoms with Gasteiger partial charge in [0.2, 0.25) is 0 Å². The average molecular weight is 723 g/mol. The Morgan fingerprint density at radius 2 is 1.14 bits per heavy atom. The van der Waals surface area contributed by atoms with Crippen LogP contribution < -0.4 is 14.5 Å². The van der Waals surface area contributed by atoms with Gasteiger partial charge in [-0.25, -0.2) is 0 Å². The van der Waals surface area contributed by atoms with Crippen LogP contribution in [0.15, 0.2) is 164 Å². The van der Waals surface area contributed by atoms with Gasteiger partial charge in [-0.1, -0.05) is 143 Å². The lowest BCUT2D eigenvalue weighted by Crippen LogP contribution is -2.32. The lowest BCUT2D eigenvalue weighted by atomic mass is 9.72. The van der Waals surface area contributed by atoms with Crippen LogP contribution in [0, 0.1) is 6.92 Å². The van der Waals surface area contributed by atoms with Crippen molar-refractivity contribution >= 4 is 44.9 Å². The molecule has 11 rings (SSSR count). The molecule has 3 heteroatoms. The highest BCUT2D eigenvalue weighted by Gasteiger charge is 2.42. The van der Waals surface area contributed by atoms with Gasteiger partial charge < -0.3 is 14.5 Å². The van der Waals surface area contributed by atoms with Gasteiger partial charge in [0, 0.05) is 28.3 Å². The summed E-state index contributed by atoms with van der Waals surface area (Å²) in [5.41, 5.74) is 17.8. The second-order valence-corrected chi connectivity index (χ2v) is 16.7. The first-order valence-corrected chi connectivity index (χ1v) is 19.7. The van der Waals surface area contributed by atoms with Crippen LogP contribution in [0.25, 0.3) is 33.0 Å². The molecule has 3 nitrogen and oxygen atoms in total. The van der Waals surface area contributed by atoms with Crippen LogP contribution in [-0.2, 0) is 10.8 Å². The van der Waals surface area contributed by atoms with Crippen molar-refractivity contribution in [1.82, 2.24) is 0 Å². The number of rotatable bonds is 4. The first-order chi connectivity index (χ1) is 27.2. The van der Waals surface area contributed by atoms with E-state index in [9.17, 15) is 0 Å². The molecule has 0 bridgehead atoms. The summed E-state index contributed by atoms with van der Waals surface area (Å²) in [5, 5.41) is 2.43. The lowest BCUT2D eigenvalue weighted by Gasteiger charge is -2.45. The van der Waals surface area contributed by atoms with E-state index in [0.717, 1.165) is 45.5 Å². The van der Waals surface area contributed by atoms with Gasteiger partial charge in [0.15, 0.2) is 11.5 Å². The number of aryl methyl sites for hydroxylation is 1. The zero-order chi connectivity index (χ0) is 37.9. The molecule has 0 saturated carbocycles. The predicted octanol–water partition coefficient (Wildman–Crippen LogP) is 14.8. The van der Waals surface area contributed by atoms with Gasteiger partial charge in [-0.15, -0.1) is 0 Å². The maximum absolute atomic E-state index is 7.04. The van der Waals surface area contributed by atoms with E-state index >= 15 is 0 Å². The van der Waals surface area contributed by atoms with Gasteiger partial charge in [-0.05, 0) is 110 Å². The summed E-state index contributed by atoms with van der Waals surface area (Å²) in [6.07, 6.45) is 0. The normalized spacial score (nSPS) is 14.9. The third kappa shape index (κ3) is 4.64. The largest absolute Gasteiger partial charge is 0.453 e. The quantitative estimate of drug-likeness (QED) is 0.180. The Hall–Kier alpha value is -6.58. The first-order valence-electron chi connectivity index (χ1n) is 19.7. The molecule has 2 heterocycles. The fourth-order valence-corrected chi connectivity index (χ4v) is 9.83. The van der Waals surface area contributed by atoms with E-state index in [1.807, 2.05) is 0 Å². The molecule has 1 aliphatic carbocycles. The molecule has 0 atom stereocenters. The Balaban J connectivity index is 1.12. The fourth-order valence-electron chi connectivity index (χ4n) is 9.83. The van der Waals surface area contributed by atoms with E-state index in [0.29, 0.717) is 0 Å². The Morgan fingerprint density at radius 1 is 0.446 bits per heavy atom. The van der Waals surface area contributed by atoms with Crippen molar-refractivity contribution in [1.29, 1.82) is 0 Å². The zero-order valence-electron chi connectivity index (χ0n) is 32.4. The van der Waals surface area contributed by atoms with E-state index in [1.54, 1.807) is 0 Å². The van der Waals surface area contributed by atoms with E-state index in [2.05, 4.69) is 208 Å². The van der Waals surface area contributed by atoms with Gasteiger partial charge in [0.05, 0.1) is 22.7 Å². The molecule has 0 fully saturated rings. The van der Waals surface area contributed by atoms with Crippen LogP contribution in [0.3, 0.4) is 0 Å². The van der Waals surface area contributed by atoms with E-state index in [4.69, 9.17) is 4.74 Å². The minimum Gasteiger partial charge on any atom is -0.453 e. The molecule has 0 N–H and O–H groups in total. The minimum absolute atomic E-state index is 0.124. The number of fused-ring (bicyclic) bond motifs is 8. The summed E-state index contributed by atoms with van der Waals surface area (Å²) in [7, 11) is 0. The van der Waals surface area contributed by atoms with Crippen LogP contribution in [-0.4, -0.2) is 0 Å². The molecule has 8 aromatic rings. The molecule has 0 amide bonds. The van der Waals surface area contributed by atoms with Crippen molar-refractivity contribution in [2.45, 2.75) is 45.4 Å². The van der Waals surface area contributed by atoms with E-state index in [-0.39, 0.29) is 10.8 Å². The molecular formula is C53H42N2O. The highest BCUT2D eigenvalue weighted by molar-refractivity contribution is 5.97. The van der Waals surface area contributed by atoms with Crippen LogP contribution >= 0.6 is 0 Å². The number of para-hydroxylation sites is 1. The molecule has 8 aromatic carbocycles. The molecule has 0 aromatic heterocycles. The Kier molecular flexibility index (Phi) is 6.86. The molecule has 2 aliphatic heterocycles. The fraction of sp³-hybridized carbons (Fsp3) is 0.132. The second-order valence-electron chi connectivity index (χ2n) is 16.7. The third-order valence-electron chi connectivity index (χ3n) is 12.7. The summed E-state index contributed by atoms with van der Waals surface area (Å²) in [6.45, 7) is 11.6. The first kappa shape index (κ1) is 32.8. The average Bonchev–Trinajstić information content (AvgIpc) is 3.45. The van der Waals surface area contributed by atoms with Crippen LogP contribution in [0.4, 0.5) is 34.1 Å². The molecular weight excluding hydrogens is 681 g/mol. The van der Waals surface area contributed by atoms with Crippen LogP contribution in [0.2, 0.25) is 0 Å². The number of ether oxygens (including phenoxy) is 1. The van der Waals surface area contributed by atoms with Crippen LogP contribution in [0.5, 0.6) is 11.5 Å². The Labute approximate surface area is 329 Å². The van der Waals surface area contributed by atoms with Crippen LogP contribution in [0.1, 0.15) is 55.5 Å². The number of hydrogen-bond donors (Lipinski definition) is 0. The predicted molar refractivity (Wildman–Crippen MR) is 233 cm³/mol. The van der Waals surface area contributed by atoms with Gasteiger partial charge in [-0.3, -0.25) is 0 Å². The number of hydrogen-bond acceptors (Lipinski definition) is 3. The van der Waals surface area contributed by atoms with Crippen molar-refractivity contribution in [3.63, 3.8) is 0 Å². The van der Waals surface area contributed by atoms with Crippen molar-refractivity contribution in [3.8, 4) is 33.8 Å². The Bertz CT molecular complexity index is 2920. The van der Waals surface area contributed by atoms with Crippen molar-refractivity contribution in [3.05, 3.63) is 192 Å². The van der Waals surface area contributed by atoms with Gasteiger partial charge in [0.25, 0.3) is 0 Å². The maximum atomic E-state index is 7.04. The molecule has 0 radical (unpaired) electrons. The van der Waals surface area contributed by atoms with E-state index < -0.39 is 0 Å². The second kappa shape index (κ2) is 11.7. The summed E-state index contributed by atoms with van der Waals surface area (Å²) < 4.78 is 7.04. The van der Waals surface area contributed by atoms with Gasteiger partial charge in [0.1, 0.15) is 0 Å². The zero-order valence-corrected chi connectivity index (χ0v) is 32.4. The highest BCUT2D eigenvalue weighted by atomic mass is 16.5. The SMILES string of the molecule is Cc1cc(N(c2ccc3c(c2)C(C)(C)c2ccccc2-3)c2ccc3ccccc3c2)cc2c1N1c3cc(-c4ccccc4)ccc3C(C)(C)c3cccc(c31)O2. The third-order valence-corrected chi connectivity index (χ3v) is 12.7. The smallest absolute Gasteiger partial charge is 0.153 e. The molecule has 3 aliphatic rings. The van der Waals surface area contributed by atoms with Crippen molar-refractivity contribution in [2.24, 2.45) is 0 Å². The lowest BCUT2D eigenvalue weighted by molar-refractivity contribution is 0.471. The minimum atomic E-state index is -0.213. The molecule has 0 unspecified atom stereocenters. The highest BCUT2D eigenvalue weighted by Crippen LogP contribution is 2.62. The summed E-state index contributed by atoms with van der Waals surface area (Å²) in [4.78, 5) is 4.89. The van der Waals surface area contributed by atoms with Crippen molar-refractivity contribution < 1.29 is 4.74 Å². The Morgan fingerprint density at radius 3 is 2.00 bits per heavy atom. The molecule has 270 valence electrons. The maximum Gasteiger partial charge on any atom is 0.153 e. The topological polar surface area (TPSA) is 15.7 Å². The number of nitrogens with zero attached hydrogens (tertiary/aromatic N) is 2. The molecule has 56 heavy (non-hydrogen) atoms. The monoisotopic (exact) mass is 722 g/mol. The number of benzene rings is 8. The summed E-state index contributed by atoms with van der Waals surface area (Å²) >= 11 is 0. The van der Waals surface area contributed by atoms with Gasteiger partial charge in [-0.2, -0.15) is 0 Å². The molecule has 0 spiro atoms.